The van der Waals surface area contributed by atoms with Crippen LogP contribution in [-0.4, -0.2) is 6.10 Å². The number of ether oxygens (including phenoxy) is 1. The van der Waals surface area contributed by atoms with Crippen molar-refractivity contribution in [1.82, 2.24) is 0 Å². The fourth-order valence-corrected chi connectivity index (χ4v) is 1.33. The van der Waals surface area contributed by atoms with E-state index in [1.54, 1.807) is 0 Å². The minimum absolute atomic E-state index is 0.546. The average Bonchev–Trinajstić information content (AvgIpc) is 2.04. The first kappa shape index (κ1) is 7.81. The number of hydrogen-bond acceptors (Lipinski definition) is 1. The zero-order valence-corrected chi connectivity index (χ0v) is 7.20. The summed E-state index contributed by atoms with van der Waals surface area (Å²) in [6, 6.07) is 10.4. The minimum atomic E-state index is 0.546. The summed E-state index contributed by atoms with van der Waals surface area (Å²) in [7, 11) is 0. The van der Waals surface area contributed by atoms with Gasteiger partial charge in [-0.05, 0) is 24.8 Å². The minimum Gasteiger partial charge on any atom is -0.374 e. The average molecular weight is 162 g/mol. The van der Waals surface area contributed by atoms with Crippen LogP contribution in [0, 0.1) is 0 Å². The predicted octanol–water partition coefficient (Wildman–Crippen LogP) is 2.76. The molecule has 0 bridgehead atoms. The van der Waals surface area contributed by atoms with Gasteiger partial charge in [0.1, 0.15) is 0 Å². The Morgan fingerprint density at radius 1 is 1.17 bits per heavy atom. The van der Waals surface area contributed by atoms with Crippen LogP contribution in [0.3, 0.4) is 0 Å². The Morgan fingerprint density at radius 2 is 1.92 bits per heavy atom. The lowest BCUT2D eigenvalue weighted by Crippen LogP contribution is -2.21. The zero-order chi connectivity index (χ0) is 8.23. The van der Waals surface area contributed by atoms with Gasteiger partial charge in [-0.15, -0.1) is 0 Å². The van der Waals surface area contributed by atoms with Crippen LogP contribution in [0.2, 0.25) is 0 Å². The standard InChI is InChI=1S/C11H14O/c1-2-5-10(6-3-1)9-12-11-7-4-8-11/h1-3,5-6,11H,4,7-9H2. The summed E-state index contributed by atoms with van der Waals surface area (Å²) in [5.74, 6) is 0. The Morgan fingerprint density at radius 3 is 2.50 bits per heavy atom. The van der Waals surface area contributed by atoms with Crippen LogP contribution in [0.5, 0.6) is 0 Å². The van der Waals surface area contributed by atoms with E-state index in [-0.39, 0.29) is 0 Å². The van der Waals surface area contributed by atoms with E-state index in [0.717, 1.165) is 6.61 Å². The second kappa shape index (κ2) is 3.72. The normalized spacial score (nSPS) is 17.3. The van der Waals surface area contributed by atoms with Crippen molar-refractivity contribution in [2.75, 3.05) is 0 Å². The molecule has 1 aromatic carbocycles. The molecule has 1 aliphatic carbocycles. The molecular formula is C11H14O. The van der Waals surface area contributed by atoms with E-state index in [0.29, 0.717) is 6.10 Å². The molecule has 0 radical (unpaired) electrons. The smallest absolute Gasteiger partial charge is 0.0720 e. The highest BCUT2D eigenvalue weighted by Crippen LogP contribution is 2.22. The first-order chi connectivity index (χ1) is 5.95. The summed E-state index contributed by atoms with van der Waals surface area (Å²) in [4.78, 5) is 0. The second-order valence-electron chi connectivity index (χ2n) is 3.35. The van der Waals surface area contributed by atoms with Crippen LogP contribution < -0.4 is 0 Å². The van der Waals surface area contributed by atoms with Gasteiger partial charge in [0.15, 0.2) is 0 Å². The van der Waals surface area contributed by atoms with Gasteiger partial charge in [0, 0.05) is 0 Å². The molecule has 1 nitrogen and oxygen atoms in total. The molecule has 0 aromatic heterocycles. The quantitative estimate of drug-likeness (QED) is 0.664. The predicted molar refractivity (Wildman–Crippen MR) is 48.9 cm³/mol. The van der Waals surface area contributed by atoms with Crippen molar-refractivity contribution in [1.29, 1.82) is 0 Å². The van der Waals surface area contributed by atoms with Crippen molar-refractivity contribution in [3.63, 3.8) is 0 Å². The maximum absolute atomic E-state index is 5.66. The van der Waals surface area contributed by atoms with Crippen LogP contribution in [0.1, 0.15) is 24.8 Å². The molecule has 0 spiro atoms. The van der Waals surface area contributed by atoms with Crippen LogP contribution in [0.15, 0.2) is 30.3 Å². The largest absolute Gasteiger partial charge is 0.374 e. The molecule has 0 heterocycles. The van der Waals surface area contributed by atoms with E-state index < -0.39 is 0 Å². The molecule has 2 rings (SSSR count). The Balaban J connectivity index is 1.79. The number of hydrogen-bond donors (Lipinski definition) is 0. The van der Waals surface area contributed by atoms with Gasteiger partial charge in [0.05, 0.1) is 12.7 Å². The number of benzene rings is 1. The third-order valence-corrected chi connectivity index (χ3v) is 2.38. The van der Waals surface area contributed by atoms with Gasteiger partial charge < -0.3 is 4.74 Å². The van der Waals surface area contributed by atoms with Crippen LogP contribution in [0.4, 0.5) is 0 Å². The summed E-state index contributed by atoms with van der Waals surface area (Å²) >= 11 is 0. The van der Waals surface area contributed by atoms with Gasteiger partial charge in [-0.25, -0.2) is 0 Å². The van der Waals surface area contributed by atoms with E-state index in [1.807, 2.05) is 6.07 Å². The Kier molecular flexibility index (Phi) is 2.42. The molecule has 0 saturated heterocycles. The van der Waals surface area contributed by atoms with Gasteiger partial charge in [-0.1, -0.05) is 30.3 Å². The molecule has 1 saturated carbocycles. The van der Waals surface area contributed by atoms with Crippen molar-refractivity contribution in [3.05, 3.63) is 35.9 Å². The number of rotatable bonds is 3. The van der Waals surface area contributed by atoms with E-state index in [1.165, 1.54) is 24.8 Å². The third-order valence-electron chi connectivity index (χ3n) is 2.38. The van der Waals surface area contributed by atoms with Crippen molar-refractivity contribution in [2.45, 2.75) is 32.0 Å². The van der Waals surface area contributed by atoms with E-state index in [4.69, 9.17) is 4.74 Å². The summed E-state index contributed by atoms with van der Waals surface area (Å²) in [6.45, 7) is 0.783. The molecule has 0 unspecified atom stereocenters. The molecule has 12 heavy (non-hydrogen) atoms. The Labute approximate surface area is 73.4 Å². The molecule has 0 amide bonds. The van der Waals surface area contributed by atoms with E-state index in [9.17, 15) is 0 Å². The fraction of sp³-hybridized carbons (Fsp3) is 0.455. The lowest BCUT2D eigenvalue weighted by atomic mass is 9.96. The zero-order valence-electron chi connectivity index (χ0n) is 7.20. The molecule has 1 heteroatoms. The van der Waals surface area contributed by atoms with Crippen LogP contribution >= 0.6 is 0 Å². The molecule has 0 atom stereocenters. The Bertz CT molecular complexity index is 226. The van der Waals surface area contributed by atoms with Crippen molar-refractivity contribution in [3.8, 4) is 0 Å². The molecular weight excluding hydrogens is 148 g/mol. The monoisotopic (exact) mass is 162 g/mol. The highest BCUT2D eigenvalue weighted by atomic mass is 16.5. The lowest BCUT2D eigenvalue weighted by molar-refractivity contribution is -0.00866. The maximum atomic E-state index is 5.66. The van der Waals surface area contributed by atoms with Crippen molar-refractivity contribution >= 4 is 0 Å². The molecule has 0 aliphatic heterocycles. The summed E-state index contributed by atoms with van der Waals surface area (Å²) in [5, 5.41) is 0. The lowest BCUT2D eigenvalue weighted by Gasteiger charge is -2.25. The first-order valence-electron chi connectivity index (χ1n) is 4.61. The van der Waals surface area contributed by atoms with Crippen molar-refractivity contribution < 1.29 is 4.74 Å². The summed E-state index contributed by atoms with van der Waals surface area (Å²) < 4.78 is 5.66. The summed E-state index contributed by atoms with van der Waals surface area (Å²) in [6.07, 6.45) is 4.41. The van der Waals surface area contributed by atoms with Gasteiger partial charge >= 0.3 is 0 Å². The van der Waals surface area contributed by atoms with Gasteiger partial charge in [-0.2, -0.15) is 0 Å². The molecule has 1 aromatic rings. The molecule has 1 aliphatic rings. The highest BCUT2D eigenvalue weighted by molar-refractivity contribution is 5.13. The Hall–Kier alpha value is -0.820. The summed E-state index contributed by atoms with van der Waals surface area (Å²) in [5.41, 5.74) is 1.28. The topological polar surface area (TPSA) is 9.23 Å². The molecule has 64 valence electrons. The second-order valence-corrected chi connectivity index (χ2v) is 3.35. The van der Waals surface area contributed by atoms with E-state index >= 15 is 0 Å². The van der Waals surface area contributed by atoms with Crippen LogP contribution in [-0.2, 0) is 11.3 Å². The SMILES string of the molecule is c1ccc(COC2CCC2)cc1. The van der Waals surface area contributed by atoms with Crippen LogP contribution in [0.25, 0.3) is 0 Å². The van der Waals surface area contributed by atoms with Gasteiger partial charge in [0.2, 0.25) is 0 Å². The van der Waals surface area contributed by atoms with E-state index in [2.05, 4.69) is 24.3 Å². The fourth-order valence-electron chi connectivity index (χ4n) is 1.33. The third kappa shape index (κ3) is 1.86. The maximum Gasteiger partial charge on any atom is 0.0720 e. The molecule has 1 fully saturated rings. The van der Waals surface area contributed by atoms with Gasteiger partial charge in [0.25, 0.3) is 0 Å². The highest BCUT2D eigenvalue weighted by Gasteiger charge is 2.17. The molecule has 0 N–H and O–H groups in total. The van der Waals surface area contributed by atoms with Gasteiger partial charge in [-0.3, -0.25) is 0 Å². The first-order valence-corrected chi connectivity index (χ1v) is 4.61. The van der Waals surface area contributed by atoms with Crippen molar-refractivity contribution in [2.24, 2.45) is 0 Å².